The molecular formula is C20H23N3O4. The van der Waals surface area contributed by atoms with Gasteiger partial charge < -0.3 is 21.1 Å². The van der Waals surface area contributed by atoms with E-state index in [1.165, 1.54) is 12.1 Å². The summed E-state index contributed by atoms with van der Waals surface area (Å²) in [5, 5.41) is 5.40. The molecule has 27 heavy (non-hydrogen) atoms. The van der Waals surface area contributed by atoms with Gasteiger partial charge in [0.05, 0.1) is 6.54 Å². The zero-order chi connectivity index (χ0) is 20.0. The molecule has 2 aromatic carbocycles. The van der Waals surface area contributed by atoms with Crippen LogP contribution in [0, 0.1) is 20.8 Å². The molecule has 0 spiro atoms. The van der Waals surface area contributed by atoms with Gasteiger partial charge in [-0.15, -0.1) is 0 Å². The van der Waals surface area contributed by atoms with Crippen LogP contribution in [0.5, 0.6) is 5.75 Å². The topological polar surface area (TPSA) is 111 Å². The van der Waals surface area contributed by atoms with E-state index in [-0.39, 0.29) is 25.0 Å². The molecule has 0 heterocycles. The van der Waals surface area contributed by atoms with Gasteiger partial charge in [0, 0.05) is 11.3 Å². The number of nitrogens with one attached hydrogen (secondary N) is 2. The standard InChI is InChI=1S/C20H23N3O4/c1-12-8-13(2)19(14(3)9-12)23-18(25)10-22-20(26)15-4-6-16(7-5-15)27-11-17(21)24/h4-9H,10-11H2,1-3H3,(H2,21,24)(H,22,26)(H,23,25). The molecule has 142 valence electrons. The third kappa shape index (κ3) is 5.85. The summed E-state index contributed by atoms with van der Waals surface area (Å²) in [6.45, 7) is 5.47. The van der Waals surface area contributed by atoms with E-state index in [0.29, 0.717) is 11.3 Å². The van der Waals surface area contributed by atoms with Crippen molar-refractivity contribution in [3.63, 3.8) is 0 Å². The van der Waals surface area contributed by atoms with Crippen LogP contribution < -0.4 is 21.1 Å². The Morgan fingerprint density at radius 2 is 1.59 bits per heavy atom. The fourth-order valence-electron chi connectivity index (χ4n) is 2.68. The Morgan fingerprint density at radius 3 is 2.15 bits per heavy atom. The number of hydrogen-bond donors (Lipinski definition) is 3. The molecule has 0 aliphatic carbocycles. The Bertz CT molecular complexity index is 837. The fraction of sp³-hybridized carbons (Fsp3) is 0.250. The van der Waals surface area contributed by atoms with Crippen LogP contribution >= 0.6 is 0 Å². The van der Waals surface area contributed by atoms with E-state index in [9.17, 15) is 14.4 Å². The molecular weight excluding hydrogens is 346 g/mol. The number of hydrogen-bond acceptors (Lipinski definition) is 4. The maximum Gasteiger partial charge on any atom is 0.255 e. The van der Waals surface area contributed by atoms with E-state index in [1.54, 1.807) is 12.1 Å². The highest BCUT2D eigenvalue weighted by molar-refractivity contribution is 5.99. The minimum atomic E-state index is -0.582. The van der Waals surface area contributed by atoms with Gasteiger partial charge in [0.25, 0.3) is 11.8 Å². The van der Waals surface area contributed by atoms with Gasteiger partial charge in [-0.2, -0.15) is 0 Å². The van der Waals surface area contributed by atoms with Gasteiger partial charge in [-0.25, -0.2) is 0 Å². The van der Waals surface area contributed by atoms with Crippen LogP contribution in [0.25, 0.3) is 0 Å². The van der Waals surface area contributed by atoms with Gasteiger partial charge in [0.2, 0.25) is 5.91 Å². The highest BCUT2D eigenvalue weighted by Gasteiger charge is 2.11. The van der Waals surface area contributed by atoms with E-state index >= 15 is 0 Å². The number of nitrogens with two attached hydrogens (primary N) is 1. The predicted octanol–water partition coefficient (Wildman–Crippen LogP) is 1.84. The van der Waals surface area contributed by atoms with Crippen LogP contribution in [0.15, 0.2) is 36.4 Å². The van der Waals surface area contributed by atoms with Crippen LogP contribution in [-0.4, -0.2) is 30.9 Å². The van der Waals surface area contributed by atoms with E-state index in [0.717, 1.165) is 22.4 Å². The van der Waals surface area contributed by atoms with Crippen molar-refractivity contribution >= 4 is 23.4 Å². The molecule has 0 atom stereocenters. The molecule has 0 radical (unpaired) electrons. The summed E-state index contributed by atoms with van der Waals surface area (Å²) in [5.41, 5.74) is 9.20. The fourth-order valence-corrected chi connectivity index (χ4v) is 2.68. The van der Waals surface area contributed by atoms with Crippen molar-refractivity contribution in [2.75, 3.05) is 18.5 Å². The minimum Gasteiger partial charge on any atom is -0.484 e. The molecule has 0 unspecified atom stereocenters. The Balaban J connectivity index is 1.89. The van der Waals surface area contributed by atoms with E-state index in [2.05, 4.69) is 10.6 Å². The summed E-state index contributed by atoms with van der Waals surface area (Å²) in [7, 11) is 0. The molecule has 2 rings (SSSR count). The van der Waals surface area contributed by atoms with Crippen molar-refractivity contribution in [1.29, 1.82) is 0 Å². The van der Waals surface area contributed by atoms with E-state index < -0.39 is 5.91 Å². The molecule has 2 aromatic rings. The predicted molar refractivity (Wildman–Crippen MR) is 103 cm³/mol. The van der Waals surface area contributed by atoms with Crippen LogP contribution in [0.4, 0.5) is 5.69 Å². The Labute approximate surface area is 157 Å². The Morgan fingerprint density at radius 1 is 1.00 bits per heavy atom. The third-order valence-electron chi connectivity index (χ3n) is 3.85. The van der Waals surface area contributed by atoms with Crippen molar-refractivity contribution in [2.45, 2.75) is 20.8 Å². The summed E-state index contributed by atoms with van der Waals surface area (Å²) < 4.78 is 5.13. The van der Waals surface area contributed by atoms with Gasteiger partial charge in [-0.3, -0.25) is 14.4 Å². The number of carbonyl (C=O) groups excluding carboxylic acids is 3. The first-order chi connectivity index (χ1) is 12.8. The first kappa shape index (κ1) is 20.0. The summed E-state index contributed by atoms with van der Waals surface area (Å²) in [6, 6.07) is 10.2. The second kappa shape index (κ2) is 8.84. The summed E-state index contributed by atoms with van der Waals surface area (Å²) in [4.78, 5) is 35.0. The quantitative estimate of drug-likeness (QED) is 0.691. The third-order valence-corrected chi connectivity index (χ3v) is 3.85. The number of aryl methyl sites for hydroxylation is 3. The van der Waals surface area contributed by atoms with Gasteiger partial charge in [0.1, 0.15) is 5.75 Å². The molecule has 0 saturated heterocycles. The molecule has 0 saturated carbocycles. The largest absolute Gasteiger partial charge is 0.484 e. The van der Waals surface area contributed by atoms with Gasteiger partial charge in [-0.05, 0) is 56.2 Å². The molecule has 3 amide bonds. The summed E-state index contributed by atoms with van der Waals surface area (Å²) in [6.07, 6.45) is 0. The number of primary amides is 1. The van der Waals surface area contributed by atoms with Gasteiger partial charge in [0.15, 0.2) is 6.61 Å². The summed E-state index contributed by atoms with van der Waals surface area (Å²) in [5.74, 6) is -0.848. The highest BCUT2D eigenvalue weighted by Crippen LogP contribution is 2.21. The summed E-state index contributed by atoms with van der Waals surface area (Å²) >= 11 is 0. The Hall–Kier alpha value is -3.35. The smallest absolute Gasteiger partial charge is 0.255 e. The molecule has 4 N–H and O–H groups in total. The molecule has 7 heteroatoms. The van der Waals surface area contributed by atoms with E-state index in [4.69, 9.17) is 10.5 Å². The maximum absolute atomic E-state index is 12.2. The number of carbonyl (C=O) groups is 3. The van der Waals surface area contributed by atoms with Crippen molar-refractivity contribution in [1.82, 2.24) is 5.32 Å². The SMILES string of the molecule is Cc1cc(C)c(NC(=O)CNC(=O)c2ccc(OCC(N)=O)cc2)c(C)c1. The van der Waals surface area contributed by atoms with Crippen molar-refractivity contribution in [2.24, 2.45) is 5.73 Å². The zero-order valence-electron chi connectivity index (χ0n) is 15.6. The average Bonchev–Trinajstić information content (AvgIpc) is 2.61. The number of anilines is 1. The maximum atomic E-state index is 12.2. The second-order valence-electron chi connectivity index (χ2n) is 6.28. The molecule has 7 nitrogen and oxygen atoms in total. The lowest BCUT2D eigenvalue weighted by atomic mass is 10.1. The molecule has 0 bridgehead atoms. The normalized spacial score (nSPS) is 10.2. The number of amides is 3. The Kier molecular flexibility index (Phi) is 6.54. The lowest BCUT2D eigenvalue weighted by Crippen LogP contribution is -2.33. The van der Waals surface area contributed by atoms with Crippen LogP contribution in [-0.2, 0) is 9.59 Å². The first-order valence-corrected chi connectivity index (χ1v) is 8.43. The molecule has 0 aliphatic rings. The van der Waals surface area contributed by atoms with Crippen LogP contribution in [0.3, 0.4) is 0 Å². The van der Waals surface area contributed by atoms with Crippen LogP contribution in [0.1, 0.15) is 27.0 Å². The first-order valence-electron chi connectivity index (χ1n) is 8.43. The monoisotopic (exact) mass is 369 g/mol. The minimum absolute atomic E-state index is 0.147. The van der Waals surface area contributed by atoms with Gasteiger partial charge in [-0.1, -0.05) is 17.7 Å². The number of ether oxygens (including phenoxy) is 1. The molecule has 0 aromatic heterocycles. The second-order valence-corrected chi connectivity index (χ2v) is 6.28. The number of rotatable bonds is 7. The van der Waals surface area contributed by atoms with E-state index in [1.807, 2.05) is 32.9 Å². The molecule has 0 fully saturated rings. The van der Waals surface area contributed by atoms with Crippen molar-refractivity contribution in [3.05, 3.63) is 58.7 Å². The van der Waals surface area contributed by atoms with Crippen LogP contribution in [0.2, 0.25) is 0 Å². The number of benzene rings is 2. The molecule has 0 aliphatic heterocycles. The average molecular weight is 369 g/mol. The highest BCUT2D eigenvalue weighted by atomic mass is 16.5. The van der Waals surface area contributed by atoms with Crippen molar-refractivity contribution in [3.8, 4) is 5.75 Å². The van der Waals surface area contributed by atoms with Crippen molar-refractivity contribution < 1.29 is 19.1 Å². The zero-order valence-corrected chi connectivity index (χ0v) is 15.6. The van der Waals surface area contributed by atoms with Gasteiger partial charge >= 0.3 is 0 Å². The lowest BCUT2D eigenvalue weighted by Gasteiger charge is -2.13. The lowest BCUT2D eigenvalue weighted by molar-refractivity contribution is -0.120.